The Bertz CT molecular complexity index is 1350. The van der Waals surface area contributed by atoms with Crippen LogP contribution in [-0.2, 0) is 10.8 Å². The van der Waals surface area contributed by atoms with Gasteiger partial charge in [-0.1, -0.05) is 12.1 Å². The molecule has 4 aromatic carbocycles. The van der Waals surface area contributed by atoms with Gasteiger partial charge in [-0.15, -0.1) is 0 Å². The van der Waals surface area contributed by atoms with Gasteiger partial charge in [0.2, 0.25) is 0 Å². The van der Waals surface area contributed by atoms with Crippen LogP contribution < -0.4 is 0 Å². The molecule has 6 heteroatoms. The topological polar surface area (TPSA) is 98.0 Å². The molecule has 0 aromatic heterocycles. The van der Waals surface area contributed by atoms with E-state index in [0.717, 1.165) is 11.1 Å². The van der Waals surface area contributed by atoms with Gasteiger partial charge < -0.3 is 20.4 Å². The third kappa shape index (κ3) is 4.01. The first kappa shape index (κ1) is 23.4. The summed E-state index contributed by atoms with van der Waals surface area (Å²) in [6.45, 7) is 6.99. The summed E-state index contributed by atoms with van der Waals surface area (Å²) in [4.78, 5) is 0.853. The molecule has 0 spiro atoms. The molecule has 0 radical (unpaired) electrons. The van der Waals surface area contributed by atoms with Crippen molar-refractivity contribution >= 4 is 10.8 Å². The summed E-state index contributed by atoms with van der Waals surface area (Å²) in [5.74, 6) is 0.358. The minimum absolute atomic E-state index is 0.0161. The Labute approximate surface area is 201 Å². The Kier molecular flexibility index (Phi) is 6.11. The van der Waals surface area contributed by atoms with Gasteiger partial charge in [0, 0.05) is 11.1 Å². The van der Waals surface area contributed by atoms with Crippen molar-refractivity contribution in [3.63, 3.8) is 0 Å². The van der Waals surface area contributed by atoms with Gasteiger partial charge in [-0.2, -0.15) is 0 Å². The number of aryl methyl sites for hydroxylation is 2. The zero-order valence-corrected chi connectivity index (χ0v) is 20.2. The molecule has 0 fully saturated rings. The van der Waals surface area contributed by atoms with Crippen LogP contribution in [-0.4, -0.2) is 24.6 Å². The van der Waals surface area contributed by atoms with E-state index in [2.05, 4.69) is 0 Å². The molecule has 0 saturated heterocycles. The standard InChI is InChI=1S/C28H26O5S/c1-15-13-19(5-9-23(15)29)21-7-11-25(31)17(3)27(21)34(33)28-18(4)26(32)12-8-22(28)20-6-10-24(30)16(2)14-20/h5-14,29-32H,1-4H3. The largest absolute Gasteiger partial charge is 0.508 e. The van der Waals surface area contributed by atoms with Crippen molar-refractivity contribution < 1.29 is 24.6 Å². The minimum Gasteiger partial charge on any atom is -0.508 e. The van der Waals surface area contributed by atoms with E-state index in [9.17, 15) is 24.6 Å². The zero-order chi connectivity index (χ0) is 24.7. The van der Waals surface area contributed by atoms with Gasteiger partial charge >= 0.3 is 0 Å². The molecule has 0 amide bonds. The van der Waals surface area contributed by atoms with E-state index in [1.54, 1.807) is 88.4 Å². The Morgan fingerprint density at radius 1 is 0.529 bits per heavy atom. The Morgan fingerprint density at radius 3 is 1.24 bits per heavy atom. The SMILES string of the molecule is Cc1cc(-c2ccc(O)c(C)c2S(=O)c2c(-c3ccc(O)c(C)c3)ccc(O)c2C)ccc1O. The van der Waals surface area contributed by atoms with Crippen LogP contribution in [0.1, 0.15) is 22.3 Å². The lowest BCUT2D eigenvalue weighted by atomic mass is 10.0. The zero-order valence-electron chi connectivity index (χ0n) is 19.4. The first-order valence-electron chi connectivity index (χ1n) is 10.8. The lowest BCUT2D eigenvalue weighted by Gasteiger charge is -2.19. The average Bonchev–Trinajstić information content (AvgIpc) is 2.80. The highest BCUT2D eigenvalue weighted by Crippen LogP contribution is 2.42. The van der Waals surface area contributed by atoms with Crippen LogP contribution in [0, 0.1) is 27.7 Å². The first-order valence-corrected chi connectivity index (χ1v) is 11.9. The van der Waals surface area contributed by atoms with Gasteiger partial charge in [0.25, 0.3) is 0 Å². The average molecular weight is 475 g/mol. The molecule has 0 atom stereocenters. The van der Waals surface area contributed by atoms with Crippen molar-refractivity contribution in [3.05, 3.63) is 82.9 Å². The minimum atomic E-state index is -1.78. The number of hydrogen-bond donors (Lipinski definition) is 4. The van der Waals surface area contributed by atoms with Crippen molar-refractivity contribution in [1.29, 1.82) is 0 Å². The highest BCUT2D eigenvalue weighted by atomic mass is 32.2. The maximum atomic E-state index is 14.3. The van der Waals surface area contributed by atoms with Crippen LogP contribution in [0.2, 0.25) is 0 Å². The highest BCUT2D eigenvalue weighted by molar-refractivity contribution is 7.85. The quantitative estimate of drug-likeness (QED) is 0.281. The highest BCUT2D eigenvalue weighted by Gasteiger charge is 2.24. The molecular weight excluding hydrogens is 448 g/mol. The predicted octanol–water partition coefficient (Wildman–Crippen LogP) is 6.24. The molecule has 0 saturated carbocycles. The van der Waals surface area contributed by atoms with E-state index in [0.29, 0.717) is 43.2 Å². The van der Waals surface area contributed by atoms with Crippen LogP contribution >= 0.6 is 0 Å². The Morgan fingerprint density at radius 2 is 0.882 bits per heavy atom. The van der Waals surface area contributed by atoms with Crippen molar-refractivity contribution in [2.45, 2.75) is 37.5 Å². The van der Waals surface area contributed by atoms with Crippen molar-refractivity contribution in [2.24, 2.45) is 0 Å². The molecule has 0 unspecified atom stereocenters. The van der Waals surface area contributed by atoms with Gasteiger partial charge in [0.15, 0.2) is 0 Å². The van der Waals surface area contributed by atoms with Crippen LogP contribution in [0.3, 0.4) is 0 Å². The molecule has 0 aliphatic rings. The van der Waals surface area contributed by atoms with E-state index in [1.165, 1.54) is 0 Å². The molecule has 0 heterocycles. The van der Waals surface area contributed by atoms with Crippen molar-refractivity contribution in [2.75, 3.05) is 0 Å². The summed E-state index contributed by atoms with van der Waals surface area (Å²) >= 11 is 0. The Balaban J connectivity index is 2.00. The van der Waals surface area contributed by atoms with Crippen molar-refractivity contribution in [1.82, 2.24) is 0 Å². The third-order valence-electron chi connectivity index (χ3n) is 6.14. The molecule has 4 aromatic rings. The molecule has 0 aliphatic heterocycles. The van der Waals surface area contributed by atoms with Gasteiger partial charge in [-0.25, -0.2) is 4.21 Å². The number of phenols is 4. The smallest absolute Gasteiger partial charge is 0.119 e. The fraction of sp³-hybridized carbons (Fsp3) is 0.143. The normalized spacial score (nSPS) is 11.2. The number of benzene rings is 4. The molecule has 34 heavy (non-hydrogen) atoms. The molecule has 5 nitrogen and oxygen atoms in total. The fourth-order valence-corrected chi connectivity index (χ4v) is 5.78. The van der Waals surface area contributed by atoms with Gasteiger partial charge in [0.05, 0.1) is 20.6 Å². The lowest BCUT2D eigenvalue weighted by molar-refractivity contribution is 0.468. The number of aromatic hydroxyl groups is 4. The summed E-state index contributed by atoms with van der Waals surface area (Å²) in [5, 5.41) is 40.9. The molecule has 4 rings (SSSR count). The number of phenolic OH excluding ortho intramolecular Hbond substituents is 4. The van der Waals surface area contributed by atoms with Crippen LogP contribution in [0.25, 0.3) is 22.3 Å². The number of rotatable bonds is 4. The first-order chi connectivity index (χ1) is 16.1. The maximum absolute atomic E-state index is 14.3. The van der Waals surface area contributed by atoms with Crippen LogP contribution in [0.15, 0.2) is 70.5 Å². The second kappa shape index (κ2) is 8.88. The van der Waals surface area contributed by atoms with E-state index in [4.69, 9.17) is 0 Å². The summed E-state index contributed by atoms with van der Waals surface area (Å²) in [6, 6.07) is 16.8. The van der Waals surface area contributed by atoms with Crippen LogP contribution in [0.5, 0.6) is 23.0 Å². The van der Waals surface area contributed by atoms with Crippen LogP contribution in [0.4, 0.5) is 0 Å². The molecule has 174 valence electrons. The molecule has 0 aliphatic carbocycles. The molecular formula is C28H26O5S. The van der Waals surface area contributed by atoms with Crippen molar-refractivity contribution in [3.8, 4) is 45.3 Å². The molecule has 0 bridgehead atoms. The summed E-state index contributed by atoms with van der Waals surface area (Å²) in [5.41, 5.74) is 5.11. The summed E-state index contributed by atoms with van der Waals surface area (Å²) in [7, 11) is -1.78. The lowest BCUT2D eigenvalue weighted by Crippen LogP contribution is -2.04. The predicted molar refractivity (Wildman–Crippen MR) is 134 cm³/mol. The second-order valence-corrected chi connectivity index (χ2v) is 9.80. The van der Waals surface area contributed by atoms with Gasteiger partial charge in [-0.05, 0) is 110 Å². The Hall–Kier alpha value is -3.77. The van der Waals surface area contributed by atoms with Gasteiger partial charge in [0.1, 0.15) is 23.0 Å². The third-order valence-corrected chi connectivity index (χ3v) is 7.93. The summed E-state index contributed by atoms with van der Waals surface area (Å²) in [6.07, 6.45) is 0. The molecule has 4 N–H and O–H groups in total. The second-order valence-electron chi connectivity index (χ2n) is 8.44. The monoisotopic (exact) mass is 474 g/mol. The van der Waals surface area contributed by atoms with Gasteiger partial charge in [-0.3, -0.25) is 0 Å². The number of hydrogen-bond acceptors (Lipinski definition) is 5. The van der Waals surface area contributed by atoms with E-state index >= 15 is 0 Å². The van der Waals surface area contributed by atoms with E-state index < -0.39 is 10.8 Å². The van der Waals surface area contributed by atoms with E-state index in [1.807, 2.05) is 0 Å². The summed E-state index contributed by atoms with van der Waals surface area (Å²) < 4.78 is 14.3. The van der Waals surface area contributed by atoms with E-state index in [-0.39, 0.29) is 23.0 Å². The maximum Gasteiger partial charge on any atom is 0.119 e. The fourth-order valence-electron chi connectivity index (χ4n) is 4.04.